The monoisotopic (exact) mass is 316 g/mol. The number of aromatic nitrogens is 4. The topological polar surface area (TPSA) is 44.9 Å². The van der Waals surface area contributed by atoms with Gasteiger partial charge in [0, 0.05) is 36.2 Å². The first kappa shape index (κ1) is 14.3. The van der Waals surface area contributed by atoms with E-state index < -0.39 is 0 Å². The summed E-state index contributed by atoms with van der Waals surface area (Å²) < 4.78 is 9.78. The van der Waals surface area contributed by atoms with Crippen molar-refractivity contribution in [3.8, 4) is 17.1 Å². The maximum atomic E-state index is 5.85. The molecule has 0 amide bonds. The highest BCUT2D eigenvalue weighted by molar-refractivity contribution is 5.38. The van der Waals surface area contributed by atoms with Crippen LogP contribution in [0.15, 0.2) is 86.0 Å². The molecule has 2 aromatic carbocycles. The Bertz CT molecular complexity index is 802. The predicted molar refractivity (Wildman–Crippen MR) is 91.5 cm³/mol. The minimum absolute atomic E-state index is 0.536. The van der Waals surface area contributed by atoms with Crippen LogP contribution in [0.1, 0.15) is 5.56 Å². The van der Waals surface area contributed by atoms with E-state index in [2.05, 4.69) is 34.2 Å². The van der Waals surface area contributed by atoms with Gasteiger partial charge < -0.3 is 13.9 Å². The third-order valence-electron chi connectivity index (χ3n) is 3.78. The molecule has 4 aromatic rings. The summed E-state index contributed by atoms with van der Waals surface area (Å²) in [5.41, 5.74) is 3.27. The fourth-order valence-corrected chi connectivity index (χ4v) is 2.47. The van der Waals surface area contributed by atoms with Gasteiger partial charge >= 0.3 is 0 Å². The minimum atomic E-state index is 0.536. The molecule has 0 aliphatic heterocycles. The lowest BCUT2D eigenvalue weighted by atomic mass is 10.2. The first-order valence-electron chi connectivity index (χ1n) is 7.67. The second-order valence-corrected chi connectivity index (χ2v) is 5.39. The molecule has 118 valence electrons. The molecule has 2 heterocycles. The zero-order valence-corrected chi connectivity index (χ0v) is 13.0. The van der Waals surface area contributed by atoms with Crippen LogP contribution < -0.4 is 4.74 Å². The molecule has 0 radical (unpaired) electrons. The quantitative estimate of drug-likeness (QED) is 0.565. The summed E-state index contributed by atoms with van der Waals surface area (Å²) in [6.07, 6.45) is 10.9. The molecule has 0 saturated heterocycles. The lowest BCUT2D eigenvalue weighted by Gasteiger charge is -2.09. The number of ether oxygens (including phenoxy) is 1. The highest BCUT2D eigenvalue weighted by atomic mass is 16.5. The Labute approximate surface area is 139 Å². The van der Waals surface area contributed by atoms with Gasteiger partial charge in [-0.05, 0) is 42.0 Å². The van der Waals surface area contributed by atoms with E-state index in [1.54, 1.807) is 25.0 Å². The average Bonchev–Trinajstić information content (AvgIpc) is 3.34. The van der Waals surface area contributed by atoms with Crippen LogP contribution in [0.2, 0.25) is 0 Å². The van der Waals surface area contributed by atoms with E-state index in [-0.39, 0.29) is 0 Å². The highest BCUT2D eigenvalue weighted by Crippen LogP contribution is 2.17. The van der Waals surface area contributed by atoms with E-state index in [9.17, 15) is 0 Å². The summed E-state index contributed by atoms with van der Waals surface area (Å²) in [4.78, 5) is 8.10. The normalized spacial score (nSPS) is 10.7. The zero-order chi connectivity index (χ0) is 16.2. The van der Waals surface area contributed by atoms with Crippen molar-refractivity contribution in [2.75, 3.05) is 0 Å². The maximum absolute atomic E-state index is 5.85. The predicted octanol–water partition coefficient (Wildman–Crippen LogP) is 3.64. The molecule has 2 aromatic heterocycles. The van der Waals surface area contributed by atoms with Crippen LogP contribution in [0, 0.1) is 0 Å². The van der Waals surface area contributed by atoms with Crippen LogP contribution in [-0.2, 0) is 6.61 Å². The van der Waals surface area contributed by atoms with Crippen LogP contribution in [0.25, 0.3) is 11.4 Å². The summed E-state index contributed by atoms with van der Waals surface area (Å²) in [6, 6.07) is 16.2. The van der Waals surface area contributed by atoms with Gasteiger partial charge in [0.05, 0.1) is 12.7 Å². The largest absolute Gasteiger partial charge is 0.489 e. The third kappa shape index (κ3) is 3.05. The Balaban J connectivity index is 1.40. The Kier molecular flexibility index (Phi) is 3.81. The lowest BCUT2D eigenvalue weighted by Crippen LogP contribution is -1.97. The Morgan fingerprint density at radius 1 is 0.708 bits per heavy atom. The Morgan fingerprint density at radius 3 is 1.75 bits per heavy atom. The number of nitrogens with zero attached hydrogens (tertiary/aromatic N) is 4. The molecular formula is C19H16N4O. The summed E-state index contributed by atoms with van der Waals surface area (Å²) >= 11 is 0. The third-order valence-corrected chi connectivity index (χ3v) is 3.78. The smallest absolute Gasteiger partial charge is 0.119 e. The van der Waals surface area contributed by atoms with Gasteiger partial charge in [-0.1, -0.05) is 12.1 Å². The van der Waals surface area contributed by atoms with E-state index >= 15 is 0 Å². The minimum Gasteiger partial charge on any atom is -0.489 e. The summed E-state index contributed by atoms with van der Waals surface area (Å²) in [6.45, 7) is 0.536. The number of imidazole rings is 2. The highest BCUT2D eigenvalue weighted by Gasteiger charge is 2.00. The number of rotatable bonds is 5. The molecule has 24 heavy (non-hydrogen) atoms. The van der Waals surface area contributed by atoms with Crippen LogP contribution in [0.5, 0.6) is 5.75 Å². The van der Waals surface area contributed by atoms with Crippen molar-refractivity contribution in [2.45, 2.75) is 6.61 Å². The van der Waals surface area contributed by atoms with Crippen molar-refractivity contribution >= 4 is 0 Å². The fraction of sp³-hybridized carbons (Fsp3) is 0.0526. The molecule has 5 nitrogen and oxygen atoms in total. The van der Waals surface area contributed by atoms with E-state index in [1.165, 1.54) is 0 Å². The Morgan fingerprint density at radius 2 is 1.25 bits per heavy atom. The number of hydrogen-bond donors (Lipinski definition) is 0. The van der Waals surface area contributed by atoms with Gasteiger partial charge in [0.25, 0.3) is 0 Å². The SMILES string of the molecule is c1cn(-c2ccc(COc3ccc(-n4ccnc4)cc3)cc2)cn1. The van der Waals surface area contributed by atoms with Crippen molar-refractivity contribution in [1.82, 2.24) is 19.1 Å². The van der Waals surface area contributed by atoms with Crippen LogP contribution >= 0.6 is 0 Å². The van der Waals surface area contributed by atoms with Crippen molar-refractivity contribution in [3.05, 3.63) is 91.5 Å². The second kappa shape index (κ2) is 6.42. The van der Waals surface area contributed by atoms with Gasteiger partial charge in [0.2, 0.25) is 0 Å². The van der Waals surface area contributed by atoms with Gasteiger partial charge in [-0.25, -0.2) is 9.97 Å². The van der Waals surface area contributed by atoms with E-state index in [0.29, 0.717) is 6.61 Å². The standard InChI is InChI=1S/C19H16N4O/c1-3-17(22-11-9-20-14-22)4-2-16(1)13-24-19-7-5-18(6-8-19)23-12-10-21-15-23/h1-12,14-15H,13H2. The number of benzene rings is 2. The Hall–Kier alpha value is -3.34. The molecule has 4 rings (SSSR count). The van der Waals surface area contributed by atoms with Gasteiger partial charge in [-0.15, -0.1) is 0 Å². The van der Waals surface area contributed by atoms with Crippen molar-refractivity contribution in [2.24, 2.45) is 0 Å². The van der Waals surface area contributed by atoms with Gasteiger partial charge in [0.15, 0.2) is 0 Å². The molecule has 0 saturated carbocycles. The van der Waals surface area contributed by atoms with E-state index in [4.69, 9.17) is 4.74 Å². The molecule has 0 N–H and O–H groups in total. The molecule has 0 fully saturated rings. The van der Waals surface area contributed by atoms with Gasteiger partial charge in [0.1, 0.15) is 12.4 Å². The van der Waals surface area contributed by atoms with Crippen LogP contribution in [-0.4, -0.2) is 19.1 Å². The summed E-state index contributed by atoms with van der Waals surface area (Å²) in [5, 5.41) is 0. The molecule has 0 unspecified atom stereocenters. The van der Waals surface area contributed by atoms with Crippen molar-refractivity contribution < 1.29 is 4.74 Å². The average molecular weight is 316 g/mol. The zero-order valence-electron chi connectivity index (χ0n) is 13.0. The molecule has 0 aliphatic carbocycles. The summed E-state index contributed by atoms with van der Waals surface area (Å²) in [5.74, 6) is 0.845. The molecule has 0 atom stereocenters. The van der Waals surface area contributed by atoms with E-state index in [1.807, 2.05) is 45.8 Å². The fourth-order valence-electron chi connectivity index (χ4n) is 2.47. The molecular weight excluding hydrogens is 300 g/mol. The molecule has 0 spiro atoms. The maximum Gasteiger partial charge on any atom is 0.119 e. The van der Waals surface area contributed by atoms with Crippen LogP contribution in [0.4, 0.5) is 0 Å². The van der Waals surface area contributed by atoms with Crippen molar-refractivity contribution in [3.63, 3.8) is 0 Å². The van der Waals surface area contributed by atoms with E-state index in [0.717, 1.165) is 22.7 Å². The molecule has 0 aliphatic rings. The van der Waals surface area contributed by atoms with Gasteiger partial charge in [-0.3, -0.25) is 0 Å². The lowest BCUT2D eigenvalue weighted by molar-refractivity contribution is 0.306. The first-order valence-corrected chi connectivity index (χ1v) is 7.67. The molecule has 0 bridgehead atoms. The molecule has 5 heteroatoms. The number of hydrogen-bond acceptors (Lipinski definition) is 3. The van der Waals surface area contributed by atoms with Gasteiger partial charge in [-0.2, -0.15) is 0 Å². The van der Waals surface area contributed by atoms with Crippen LogP contribution in [0.3, 0.4) is 0 Å². The van der Waals surface area contributed by atoms with Crippen molar-refractivity contribution in [1.29, 1.82) is 0 Å². The second-order valence-electron chi connectivity index (χ2n) is 5.39. The summed E-state index contributed by atoms with van der Waals surface area (Å²) in [7, 11) is 0. The first-order chi connectivity index (χ1) is 11.9.